The zero-order valence-corrected chi connectivity index (χ0v) is 25.3. The van der Waals surface area contributed by atoms with Crippen molar-refractivity contribution >= 4 is 0 Å². The molecule has 0 atom stereocenters. The maximum Gasteiger partial charge on any atom is 0.119 e. The second-order valence-electron chi connectivity index (χ2n) is 12.3. The maximum atomic E-state index is 10.2. The van der Waals surface area contributed by atoms with E-state index in [9.17, 15) is 15.3 Å². The van der Waals surface area contributed by atoms with Crippen molar-refractivity contribution in [1.82, 2.24) is 0 Å². The number of rotatable bonds is 12. The molecular formula is C36H42O6. The standard InChI is InChI=1S/C36H42O6/c1-34(2,37)28-7-13-31(14-8-28)40-22-25-19-26(23-41-32-15-9-29(10-16-32)35(3,4)38)21-27(20-25)24-42-33-17-11-30(12-18-33)36(5,6)39/h7-21,37-39H,22-24H2,1-6H3. The summed E-state index contributed by atoms with van der Waals surface area (Å²) >= 11 is 0. The summed E-state index contributed by atoms with van der Waals surface area (Å²) in [5, 5.41) is 30.7. The predicted octanol–water partition coefficient (Wildman–Crippen LogP) is 7.11. The molecule has 0 radical (unpaired) electrons. The van der Waals surface area contributed by atoms with Crippen LogP contribution in [0.25, 0.3) is 0 Å². The van der Waals surface area contributed by atoms with E-state index in [1.807, 2.05) is 72.8 Å². The molecule has 0 unspecified atom stereocenters. The highest BCUT2D eigenvalue weighted by molar-refractivity contribution is 5.35. The molecule has 0 aromatic heterocycles. The summed E-state index contributed by atoms with van der Waals surface area (Å²) in [7, 11) is 0. The van der Waals surface area contributed by atoms with Crippen molar-refractivity contribution in [3.63, 3.8) is 0 Å². The minimum Gasteiger partial charge on any atom is -0.489 e. The molecule has 0 bridgehead atoms. The van der Waals surface area contributed by atoms with Gasteiger partial charge in [0.2, 0.25) is 0 Å². The van der Waals surface area contributed by atoms with Crippen LogP contribution >= 0.6 is 0 Å². The highest BCUT2D eigenvalue weighted by Crippen LogP contribution is 2.26. The molecule has 4 aromatic carbocycles. The Morgan fingerprint density at radius 2 is 0.619 bits per heavy atom. The molecule has 6 nitrogen and oxygen atoms in total. The van der Waals surface area contributed by atoms with Crippen molar-refractivity contribution in [1.29, 1.82) is 0 Å². The lowest BCUT2D eigenvalue weighted by atomic mass is 9.99. The lowest BCUT2D eigenvalue weighted by Crippen LogP contribution is -2.15. The van der Waals surface area contributed by atoms with Gasteiger partial charge < -0.3 is 29.5 Å². The van der Waals surface area contributed by atoms with Gasteiger partial charge in [-0.25, -0.2) is 0 Å². The molecule has 0 aliphatic rings. The number of ether oxygens (including phenoxy) is 3. The molecular weight excluding hydrogens is 528 g/mol. The summed E-state index contributed by atoms with van der Waals surface area (Å²) < 4.78 is 18.2. The molecule has 0 saturated carbocycles. The first-order valence-electron chi connectivity index (χ1n) is 14.2. The van der Waals surface area contributed by atoms with Gasteiger partial charge in [-0.15, -0.1) is 0 Å². The van der Waals surface area contributed by atoms with Crippen LogP contribution in [0.5, 0.6) is 17.2 Å². The van der Waals surface area contributed by atoms with Crippen LogP contribution in [0.15, 0.2) is 91.0 Å². The van der Waals surface area contributed by atoms with Crippen LogP contribution in [0.3, 0.4) is 0 Å². The second-order valence-corrected chi connectivity index (χ2v) is 12.3. The molecule has 42 heavy (non-hydrogen) atoms. The van der Waals surface area contributed by atoms with Crippen LogP contribution in [0.4, 0.5) is 0 Å². The highest BCUT2D eigenvalue weighted by atomic mass is 16.5. The molecule has 6 heteroatoms. The summed E-state index contributed by atoms with van der Waals surface area (Å²) in [5.41, 5.74) is 2.63. The van der Waals surface area contributed by atoms with Crippen molar-refractivity contribution < 1.29 is 29.5 Å². The molecule has 0 saturated heterocycles. The Balaban J connectivity index is 1.49. The fourth-order valence-corrected chi connectivity index (χ4v) is 4.47. The molecule has 4 rings (SSSR count). The molecule has 222 valence electrons. The maximum absolute atomic E-state index is 10.2. The Hall–Kier alpha value is -3.84. The third-order valence-corrected chi connectivity index (χ3v) is 7.01. The zero-order chi connectivity index (χ0) is 30.5. The molecule has 4 aromatic rings. The van der Waals surface area contributed by atoms with E-state index >= 15 is 0 Å². The molecule has 0 heterocycles. The number of aliphatic hydroxyl groups is 3. The van der Waals surface area contributed by atoms with Gasteiger partial charge in [-0.2, -0.15) is 0 Å². The normalized spacial score (nSPS) is 12.2. The summed E-state index contributed by atoms with van der Waals surface area (Å²) in [6.07, 6.45) is 0. The molecule has 3 N–H and O–H groups in total. The first-order valence-corrected chi connectivity index (χ1v) is 14.2. The first kappa shape index (κ1) is 31.1. The Morgan fingerprint density at radius 3 is 0.810 bits per heavy atom. The fraction of sp³-hybridized carbons (Fsp3) is 0.333. The van der Waals surface area contributed by atoms with Crippen LogP contribution < -0.4 is 14.2 Å². The highest BCUT2D eigenvalue weighted by Gasteiger charge is 2.17. The van der Waals surface area contributed by atoms with E-state index in [0.717, 1.165) is 33.4 Å². The largest absolute Gasteiger partial charge is 0.489 e. The average molecular weight is 571 g/mol. The smallest absolute Gasteiger partial charge is 0.119 e. The van der Waals surface area contributed by atoms with E-state index in [0.29, 0.717) is 37.1 Å². The Bertz CT molecular complexity index is 1240. The summed E-state index contributed by atoms with van der Waals surface area (Å²) in [6.45, 7) is 11.6. The Labute approximate surface area is 249 Å². The minimum atomic E-state index is -0.912. The predicted molar refractivity (Wildman–Crippen MR) is 164 cm³/mol. The zero-order valence-electron chi connectivity index (χ0n) is 25.3. The van der Waals surface area contributed by atoms with Crippen molar-refractivity contribution in [2.75, 3.05) is 0 Å². The van der Waals surface area contributed by atoms with Gasteiger partial charge in [0.1, 0.15) is 37.1 Å². The van der Waals surface area contributed by atoms with Crippen LogP contribution in [0.1, 0.15) is 74.9 Å². The Kier molecular flexibility index (Phi) is 9.31. The second kappa shape index (κ2) is 12.6. The van der Waals surface area contributed by atoms with E-state index in [2.05, 4.69) is 18.2 Å². The SMILES string of the molecule is CC(C)(O)c1ccc(OCc2cc(COc3ccc(C(C)(C)O)cc3)cc(COc3ccc(C(C)(C)O)cc3)c2)cc1. The third-order valence-electron chi connectivity index (χ3n) is 7.01. The quantitative estimate of drug-likeness (QED) is 0.168. The van der Waals surface area contributed by atoms with Gasteiger partial charge in [0.15, 0.2) is 0 Å². The van der Waals surface area contributed by atoms with Crippen molar-refractivity contribution in [3.8, 4) is 17.2 Å². The monoisotopic (exact) mass is 570 g/mol. The van der Waals surface area contributed by atoms with Crippen LogP contribution in [-0.2, 0) is 36.6 Å². The lowest BCUT2D eigenvalue weighted by Gasteiger charge is -2.18. The van der Waals surface area contributed by atoms with Crippen LogP contribution in [-0.4, -0.2) is 15.3 Å². The summed E-state index contributed by atoms with van der Waals surface area (Å²) in [6, 6.07) is 28.5. The average Bonchev–Trinajstić information content (AvgIpc) is 2.93. The minimum absolute atomic E-state index is 0.350. The topological polar surface area (TPSA) is 88.4 Å². The van der Waals surface area contributed by atoms with Gasteiger partial charge in [0.25, 0.3) is 0 Å². The van der Waals surface area contributed by atoms with Gasteiger partial charge in [-0.1, -0.05) is 36.4 Å². The molecule has 0 aliphatic heterocycles. The van der Waals surface area contributed by atoms with Crippen molar-refractivity contribution in [3.05, 3.63) is 124 Å². The molecule has 0 amide bonds. The van der Waals surface area contributed by atoms with Crippen LogP contribution in [0, 0.1) is 0 Å². The molecule has 0 aliphatic carbocycles. The van der Waals surface area contributed by atoms with Gasteiger partial charge in [-0.05, 0) is 130 Å². The van der Waals surface area contributed by atoms with Crippen LogP contribution in [0.2, 0.25) is 0 Å². The van der Waals surface area contributed by atoms with Gasteiger partial charge in [0.05, 0.1) is 16.8 Å². The van der Waals surface area contributed by atoms with Gasteiger partial charge in [0, 0.05) is 0 Å². The van der Waals surface area contributed by atoms with E-state index in [1.54, 1.807) is 41.5 Å². The summed E-state index contributed by atoms with van der Waals surface area (Å²) in [4.78, 5) is 0. The molecule has 0 fully saturated rings. The van der Waals surface area contributed by atoms with Crippen molar-refractivity contribution in [2.24, 2.45) is 0 Å². The van der Waals surface area contributed by atoms with Gasteiger partial charge in [-0.3, -0.25) is 0 Å². The third kappa shape index (κ3) is 8.83. The first-order chi connectivity index (χ1) is 19.7. The molecule has 0 spiro atoms. The van der Waals surface area contributed by atoms with E-state index in [4.69, 9.17) is 14.2 Å². The van der Waals surface area contributed by atoms with E-state index in [-0.39, 0.29) is 0 Å². The fourth-order valence-electron chi connectivity index (χ4n) is 4.47. The Morgan fingerprint density at radius 1 is 0.405 bits per heavy atom. The number of hydrogen-bond donors (Lipinski definition) is 3. The van der Waals surface area contributed by atoms with Crippen molar-refractivity contribution in [2.45, 2.75) is 78.2 Å². The summed E-state index contributed by atoms with van der Waals surface area (Å²) in [5.74, 6) is 2.13. The van der Waals surface area contributed by atoms with E-state index in [1.165, 1.54) is 0 Å². The van der Waals surface area contributed by atoms with E-state index < -0.39 is 16.8 Å². The lowest BCUT2D eigenvalue weighted by molar-refractivity contribution is 0.0779. The number of benzene rings is 4. The number of hydrogen-bond acceptors (Lipinski definition) is 6. The van der Waals surface area contributed by atoms with Gasteiger partial charge >= 0.3 is 0 Å².